The lowest BCUT2D eigenvalue weighted by Gasteiger charge is -2.27. The van der Waals surface area contributed by atoms with Gasteiger partial charge in [-0.3, -0.25) is 9.59 Å². The lowest BCUT2D eigenvalue weighted by atomic mass is 9.81. The number of aromatic nitrogens is 1. The van der Waals surface area contributed by atoms with Gasteiger partial charge in [-0.25, -0.2) is 4.98 Å². The molecular weight excluding hydrogens is 549 g/mol. The van der Waals surface area contributed by atoms with Crippen LogP contribution in [0.1, 0.15) is 34.0 Å². The Labute approximate surface area is 219 Å². The van der Waals surface area contributed by atoms with Gasteiger partial charge in [0.25, 0.3) is 5.91 Å². The van der Waals surface area contributed by atoms with Crippen LogP contribution in [0, 0.1) is 6.92 Å². The van der Waals surface area contributed by atoms with Crippen LogP contribution in [-0.2, 0) is 16.4 Å². The summed E-state index contributed by atoms with van der Waals surface area (Å²) >= 11 is 3.42. The van der Waals surface area contributed by atoms with Gasteiger partial charge >= 0.3 is 12.1 Å². The molecule has 37 heavy (non-hydrogen) atoms. The van der Waals surface area contributed by atoms with E-state index in [2.05, 4.69) is 21.2 Å². The molecule has 5 nitrogen and oxygen atoms in total. The van der Waals surface area contributed by atoms with E-state index in [0.29, 0.717) is 27.7 Å². The SMILES string of the molecule is Cc1c(-c2ccccc2)nc2ccc(Br)cc2c1C(=O)NC[C@](C)(C(=O)O)c1cccc(C(F)(F)F)c1. The molecule has 0 aliphatic carbocycles. The molecule has 9 heteroatoms. The third-order valence-electron chi connectivity index (χ3n) is 6.37. The number of fused-ring (bicyclic) bond motifs is 1. The van der Waals surface area contributed by atoms with E-state index < -0.39 is 35.6 Å². The quantitative estimate of drug-likeness (QED) is 0.268. The summed E-state index contributed by atoms with van der Waals surface area (Å²) in [6.07, 6.45) is -4.63. The molecule has 0 unspecified atom stereocenters. The summed E-state index contributed by atoms with van der Waals surface area (Å²) in [6, 6.07) is 18.8. The summed E-state index contributed by atoms with van der Waals surface area (Å²) in [5.41, 5.74) is 0.0224. The molecule has 1 aromatic heterocycles. The first kappa shape index (κ1) is 26.3. The maximum atomic E-state index is 13.6. The highest BCUT2D eigenvalue weighted by atomic mass is 79.9. The fourth-order valence-corrected chi connectivity index (χ4v) is 4.55. The minimum Gasteiger partial charge on any atom is -0.481 e. The second kappa shape index (κ2) is 9.97. The minimum atomic E-state index is -4.63. The fourth-order valence-electron chi connectivity index (χ4n) is 4.19. The average molecular weight is 571 g/mol. The van der Waals surface area contributed by atoms with Crippen LogP contribution in [-0.4, -0.2) is 28.5 Å². The molecule has 0 spiro atoms. The molecule has 0 saturated carbocycles. The van der Waals surface area contributed by atoms with Gasteiger partial charge in [-0.2, -0.15) is 13.2 Å². The number of pyridine rings is 1. The Kier molecular flexibility index (Phi) is 7.10. The monoisotopic (exact) mass is 570 g/mol. The van der Waals surface area contributed by atoms with Gasteiger partial charge in [-0.05, 0) is 49.2 Å². The Hall–Kier alpha value is -3.72. The highest BCUT2D eigenvalue weighted by molar-refractivity contribution is 9.10. The summed E-state index contributed by atoms with van der Waals surface area (Å²) in [5.74, 6) is -1.92. The summed E-state index contributed by atoms with van der Waals surface area (Å²) in [7, 11) is 0. The summed E-state index contributed by atoms with van der Waals surface area (Å²) in [5, 5.41) is 13.2. The van der Waals surface area contributed by atoms with E-state index in [1.807, 2.05) is 30.3 Å². The van der Waals surface area contributed by atoms with Crippen LogP contribution >= 0.6 is 15.9 Å². The van der Waals surface area contributed by atoms with Crippen molar-refractivity contribution in [2.75, 3.05) is 6.54 Å². The summed E-state index contributed by atoms with van der Waals surface area (Å²) in [6.45, 7) is 2.61. The van der Waals surface area contributed by atoms with Crippen LogP contribution in [0.5, 0.6) is 0 Å². The topological polar surface area (TPSA) is 79.3 Å². The van der Waals surface area contributed by atoms with Gasteiger partial charge in [0.15, 0.2) is 0 Å². The van der Waals surface area contributed by atoms with E-state index in [1.54, 1.807) is 25.1 Å². The van der Waals surface area contributed by atoms with Crippen LogP contribution in [0.4, 0.5) is 13.2 Å². The molecule has 4 rings (SSSR count). The highest BCUT2D eigenvalue weighted by Gasteiger charge is 2.38. The van der Waals surface area contributed by atoms with Crippen LogP contribution in [0.3, 0.4) is 0 Å². The van der Waals surface area contributed by atoms with Crippen LogP contribution in [0.25, 0.3) is 22.2 Å². The van der Waals surface area contributed by atoms with Crippen molar-refractivity contribution in [1.29, 1.82) is 0 Å². The molecule has 0 aliphatic rings. The molecule has 1 heterocycles. The van der Waals surface area contributed by atoms with Crippen molar-refractivity contribution in [3.05, 3.63) is 99.5 Å². The number of hydrogen-bond acceptors (Lipinski definition) is 3. The Bertz CT molecular complexity index is 1510. The standard InChI is InChI=1S/C28H22BrF3N2O3/c1-16-23(21-14-20(29)11-12-22(21)34-24(16)17-7-4-3-5-8-17)25(35)33-15-27(2,26(36)37)18-9-6-10-19(13-18)28(30,31)32/h3-14H,15H2,1-2H3,(H,33,35)(H,36,37)/t27-/m0/s1. The Morgan fingerprint density at radius 1 is 0.973 bits per heavy atom. The molecule has 0 radical (unpaired) electrons. The number of carbonyl (C=O) groups is 2. The Morgan fingerprint density at radius 3 is 2.30 bits per heavy atom. The number of alkyl halides is 3. The zero-order valence-corrected chi connectivity index (χ0v) is 21.4. The first-order chi connectivity index (χ1) is 17.4. The molecule has 190 valence electrons. The van der Waals surface area contributed by atoms with Crippen molar-refractivity contribution in [2.45, 2.75) is 25.4 Å². The van der Waals surface area contributed by atoms with E-state index in [-0.39, 0.29) is 5.56 Å². The number of nitrogens with one attached hydrogen (secondary N) is 1. The third kappa shape index (κ3) is 5.22. The number of hydrogen-bond donors (Lipinski definition) is 2. The largest absolute Gasteiger partial charge is 0.481 e. The number of halogens is 4. The normalized spacial score (nSPS) is 13.2. The van der Waals surface area contributed by atoms with Crippen molar-refractivity contribution in [2.24, 2.45) is 0 Å². The van der Waals surface area contributed by atoms with Gasteiger partial charge in [-0.1, -0.05) is 64.5 Å². The predicted octanol–water partition coefficient (Wildman–Crippen LogP) is 6.76. The Morgan fingerprint density at radius 2 is 1.65 bits per heavy atom. The van der Waals surface area contributed by atoms with E-state index in [4.69, 9.17) is 4.98 Å². The summed E-state index contributed by atoms with van der Waals surface area (Å²) < 4.78 is 40.5. The number of carboxylic acids is 1. The number of nitrogens with zero attached hydrogens (tertiary/aromatic N) is 1. The van der Waals surface area contributed by atoms with Gasteiger partial charge in [-0.15, -0.1) is 0 Å². The van der Waals surface area contributed by atoms with E-state index >= 15 is 0 Å². The lowest BCUT2D eigenvalue weighted by Crippen LogP contribution is -2.44. The molecule has 4 aromatic rings. The van der Waals surface area contributed by atoms with Gasteiger partial charge in [0.05, 0.1) is 22.3 Å². The van der Waals surface area contributed by atoms with Crippen molar-refractivity contribution in [3.63, 3.8) is 0 Å². The van der Waals surface area contributed by atoms with Gasteiger partial charge in [0.1, 0.15) is 5.41 Å². The number of carbonyl (C=O) groups excluding carboxylic acids is 1. The fraction of sp³-hybridized carbons (Fsp3) is 0.179. The van der Waals surface area contributed by atoms with Crippen LogP contribution in [0.2, 0.25) is 0 Å². The summed E-state index contributed by atoms with van der Waals surface area (Å²) in [4.78, 5) is 30.6. The number of aliphatic carboxylic acids is 1. The van der Waals surface area contributed by atoms with Crippen molar-refractivity contribution in [3.8, 4) is 11.3 Å². The van der Waals surface area contributed by atoms with Crippen molar-refractivity contribution < 1.29 is 27.9 Å². The van der Waals surface area contributed by atoms with Crippen molar-refractivity contribution in [1.82, 2.24) is 10.3 Å². The molecule has 0 saturated heterocycles. The molecule has 0 bridgehead atoms. The third-order valence-corrected chi connectivity index (χ3v) is 6.86. The highest BCUT2D eigenvalue weighted by Crippen LogP contribution is 2.34. The predicted molar refractivity (Wildman–Crippen MR) is 138 cm³/mol. The Balaban J connectivity index is 1.76. The molecule has 1 atom stereocenters. The number of amides is 1. The van der Waals surface area contributed by atoms with Gasteiger partial charge in [0.2, 0.25) is 0 Å². The lowest BCUT2D eigenvalue weighted by molar-refractivity contribution is -0.143. The first-order valence-electron chi connectivity index (χ1n) is 11.3. The first-order valence-corrected chi connectivity index (χ1v) is 12.1. The molecule has 2 N–H and O–H groups in total. The second-order valence-electron chi connectivity index (χ2n) is 8.89. The number of rotatable bonds is 6. The maximum absolute atomic E-state index is 13.6. The van der Waals surface area contributed by atoms with E-state index in [0.717, 1.165) is 28.2 Å². The van der Waals surface area contributed by atoms with E-state index in [9.17, 15) is 27.9 Å². The van der Waals surface area contributed by atoms with Crippen LogP contribution in [0.15, 0.2) is 77.3 Å². The molecule has 0 fully saturated rings. The zero-order chi connectivity index (χ0) is 27.0. The van der Waals surface area contributed by atoms with Crippen LogP contribution < -0.4 is 5.32 Å². The van der Waals surface area contributed by atoms with Crippen molar-refractivity contribution >= 4 is 38.7 Å². The zero-order valence-electron chi connectivity index (χ0n) is 19.9. The second-order valence-corrected chi connectivity index (χ2v) is 9.80. The van der Waals surface area contributed by atoms with Gasteiger partial charge in [0, 0.05) is 22.0 Å². The average Bonchev–Trinajstić information content (AvgIpc) is 2.86. The maximum Gasteiger partial charge on any atom is 0.416 e. The smallest absolute Gasteiger partial charge is 0.416 e. The van der Waals surface area contributed by atoms with E-state index in [1.165, 1.54) is 13.0 Å². The molecule has 0 aliphatic heterocycles. The van der Waals surface area contributed by atoms with Gasteiger partial charge < -0.3 is 10.4 Å². The molecule has 1 amide bonds. The minimum absolute atomic E-state index is 0.0702. The number of benzene rings is 3. The molecular formula is C28H22BrF3N2O3. The molecule has 3 aromatic carbocycles. The number of carboxylic acid groups (broad SMARTS) is 1.